The lowest BCUT2D eigenvalue weighted by Crippen LogP contribution is -2.02. The Kier molecular flexibility index (Phi) is 7.66. The summed E-state index contributed by atoms with van der Waals surface area (Å²) in [6.45, 7) is 0. The summed E-state index contributed by atoms with van der Waals surface area (Å²) in [5.41, 5.74) is 10.1. The summed E-state index contributed by atoms with van der Waals surface area (Å²) in [7, 11) is 0. The molecule has 9 heteroatoms. The van der Waals surface area contributed by atoms with Crippen LogP contribution in [0.1, 0.15) is 0 Å². The molecule has 0 aliphatic carbocycles. The van der Waals surface area contributed by atoms with Crippen LogP contribution in [0.15, 0.2) is 153 Å². The van der Waals surface area contributed by atoms with E-state index in [4.69, 9.17) is 24.9 Å². The fourth-order valence-electron chi connectivity index (χ4n) is 5.40. The van der Waals surface area contributed by atoms with Gasteiger partial charge in [-0.3, -0.25) is 29.9 Å². The summed E-state index contributed by atoms with van der Waals surface area (Å²) in [5, 5.41) is 0. The quantitative estimate of drug-likeness (QED) is 0.175. The van der Waals surface area contributed by atoms with Gasteiger partial charge in [-0.2, -0.15) is 0 Å². The molecule has 226 valence electrons. The summed E-state index contributed by atoms with van der Waals surface area (Å²) in [4.78, 5) is 41.1. The predicted molar refractivity (Wildman–Crippen MR) is 185 cm³/mol. The van der Waals surface area contributed by atoms with E-state index in [0.29, 0.717) is 28.9 Å². The van der Waals surface area contributed by atoms with Crippen LogP contribution in [0, 0.1) is 0 Å². The van der Waals surface area contributed by atoms with Crippen molar-refractivity contribution < 1.29 is 0 Å². The fraction of sp³-hybridized carbons (Fsp3) is 0. The molecule has 0 aliphatic rings. The minimum atomic E-state index is 0.441. The van der Waals surface area contributed by atoms with Crippen LogP contribution in [0.5, 0.6) is 0 Å². The molecule has 0 saturated carbocycles. The third-order valence-electron chi connectivity index (χ3n) is 7.87. The number of hydrogen-bond acceptors (Lipinski definition) is 9. The van der Waals surface area contributed by atoms with Crippen molar-refractivity contribution in [2.24, 2.45) is 0 Å². The van der Waals surface area contributed by atoms with E-state index in [1.54, 1.807) is 49.6 Å². The van der Waals surface area contributed by atoms with Gasteiger partial charge in [0, 0.05) is 78.7 Å². The van der Waals surface area contributed by atoms with Crippen LogP contribution in [0.4, 0.5) is 0 Å². The molecular weight excluding hydrogens is 594 g/mol. The van der Waals surface area contributed by atoms with Crippen LogP contribution in [0.3, 0.4) is 0 Å². The second-order valence-electron chi connectivity index (χ2n) is 10.9. The Morgan fingerprint density at radius 1 is 0.271 bits per heavy atom. The van der Waals surface area contributed by atoms with Crippen molar-refractivity contribution in [2.75, 3.05) is 0 Å². The Labute approximate surface area is 276 Å². The van der Waals surface area contributed by atoms with Gasteiger partial charge >= 0.3 is 0 Å². The minimum Gasteiger partial charge on any atom is -0.265 e. The maximum atomic E-state index is 4.98. The molecule has 0 N–H and O–H groups in total. The van der Waals surface area contributed by atoms with Crippen LogP contribution >= 0.6 is 0 Å². The van der Waals surface area contributed by atoms with Gasteiger partial charge in [0.25, 0.3) is 0 Å². The number of hydrogen-bond donors (Lipinski definition) is 0. The molecule has 0 spiro atoms. The van der Waals surface area contributed by atoms with Gasteiger partial charge in [-0.25, -0.2) is 15.0 Å². The Bertz CT molecular complexity index is 2140. The molecule has 7 heterocycles. The van der Waals surface area contributed by atoms with Gasteiger partial charge < -0.3 is 0 Å². The van der Waals surface area contributed by atoms with Crippen molar-refractivity contribution in [3.8, 4) is 78.9 Å². The molecule has 8 aromatic rings. The number of pyridine rings is 6. The van der Waals surface area contributed by atoms with Gasteiger partial charge in [-0.05, 0) is 112 Å². The maximum absolute atomic E-state index is 4.98. The summed E-state index contributed by atoms with van der Waals surface area (Å²) < 4.78 is 0. The molecule has 0 bridgehead atoms. The first kappa shape index (κ1) is 28.6. The Morgan fingerprint density at radius 2 is 0.604 bits per heavy atom. The molecular formula is C39H25N9. The van der Waals surface area contributed by atoms with Gasteiger partial charge in [0.15, 0.2) is 17.5 Å². The van der Waals surface area contributed by atoms with Gasteiger partial charge in [-0.15, -0.1) is 0 Å². The number of rotatable bonds is 7. The SMILES string of the molecule is c1cc(-c2ccc(-c3nc(-c4cc(-c5ccncc5)cc(-c5ccncc5)c4)nc(-c4ccc(-c5ccncc5)cn4)n3)nc2)ccn1. The van der Waals surface area contributed by atoms with Crippen molar-refractivity contribution in [1.82, 2.24) is 44.9 Å². The molecule has 0 saturated heterocycles. The minimum absolute atomic E-state index is 0.441. The van der Waals surface area contributed by atoms with E-state index in [1.807, 2.05) is 85.2 Å². The number of nitrogens with zero attached hydrogens (tertiary/aromatic N) is 9. The Hall–Kier alpha value is -6.87. The first-order valence-electron chi connectivity index (χ1n) is 15.2. The molecule has 7 aromatic heterocycles. The molecule has 0 amide bonds. The van der Waals surface area contributed by atoms with E-state index >= 15 is 0 Å². The van der Waals surface area contributed by atoms with Gasteiger partial charge in [-0.1, -0.05) is 12.1 Å². The maximum Gasteiger partial charge on any atom is 0.182 e. The Morgan fingerprint density at radius 3 is 0.958 bits per heavy atom. The van der Waals surface area contributed by atoms with E-state index in [2.05, 4.69) is 38.1 Å². The van der Waals surface area contributed by atoms with E-state index < -0.39 is 0 Å². The Balaban J connectivity index is 1.28. The van der Waals surface area contributed by atoms with Crippen molar-refractivity contribution in [3.05, 3.63) is 153 Å². The van der Waals surface area contributed by atoms with Gasteiger partial charge in [0.2, 0.25) is 0 Å². The van der Waals surface area contributed by atoms with Crippen molar-refractivity contribution in [3.63, 3.8) is 0 Å². The average Bonchev–Trinajstić information content (AvgIpc) is 3.19. The standard InChI is InChI=1S/C39H25N9/c1-3-35(44-24-30(1)26-5-13-40-14-6-26)38-46-37(47-39(48-38)36-4-2-31(25-45-36)27-7-15-41-16-8-27)34-22-32(28-9-17-42-18-10-28)21-33(23-34)29-11-19-43-20-12-29/h1-25H. The van der Waals surface area contributed by atoms with Gasteiger partial charge in [0.05, 0.1) is 0 Å². The highest BCUT2D eigenvalue weighted by Crippen LogP contribution is 2.33. The van der Waals surface area contributed by atoms with Crippen molar-refractivity contribution in [1.29, 1.82) is 0 Å². The van der Waals surface area contributed by atoms with Crippen LogP contribution in [0.25, 0.3) is 78.9 Å². The molecule has 0 radical (unpaired) electrons. The zero-order valence-corrected chi connectivity index (χ0v) is 25.5. The van der Waals surface area contributed by atoms with E-state index in [1.165, 1.54) is 0 Å². The third kappa shape index (κ3) is 6.03. The molecule has 0 fully saturated rings. The van der Waals surface area contributed by atoms with Crippen LogP contribution < -0.4 is 0 Å². The molecule has 8 rings (SSSR count). The fourth-order valence-corrected chi connectivity index (χ4v) is 5.40. The highest BCUT2D eigenvalue weighted by Gasteiger charge is 2.16. The molecule has 48 heavy (non-hydrogen) atoms. The topological polar surface area (TPSA) is 116 Å². The monoisotopic (exact) mass is 619 g/mol. The molecule has 0 atom stereocenters. The van der Waals surface area contributed by atoms with E-state index in [9.17, 15) is 0 Å². The van der Waals surface area contributed by atoms with Crippen molar-refractivity contribution in [2.45, 2.75) is 0 Å². The van der Waals surface area contributed by atoms with Crippen molar-refractivity contribution >= 4 is 0 Å². The van der Waals surface area contributed by atoms with Crippen LogP contribution in [-0.4, -0.2) is 44.9 Å². The first-order valence-corrected chi connectivity index (χ1v) is 15.2. The predicted octanol–water partition coefficient (Wildman–Crippen LogP) is 7.91. The highest BCUT2D eigenvalue weighted by molar-refractivity contribution is 5.80. The molecule has 1 aromatic carbocycles. The lowest BCUT2D eigenvalue weighted by atomic mass is 9.96. The molecule has 0 unspecified atom stereocenters. The second kappa shape index (κ2) is 12.9. The normalized spacial score (nSPS) is 10.9. The second-order valence-corrected chi connectivity index (χ2v) is 10.9. The zero-order valence-electron chi connectivity index (χ0n) is 25.5. The van der Waals surface area contributed by atoms with Crippen LogP contribution in [-0.2, 0) is 0 Å². The number of aromatic nitrogens is 9. The average molecular weight is 620 g/mol. The van der Waals surface area contributed by atoms with Crippen LogP contribution in [0.2, 0.25) is 0 Å². The zero-order chi connectivity index (χ0) is 32.1. The summed E-state index contributed by atoms with van der Waals surface area (Å²) in [6, 6.07) is 29.9. The van der Waals surface area contributed by atoms with Gasteiger partial charge in [0.1, 0.15) is 11.4 Å². The lowest BCUT2D eigenvalue weighted by molar-refractivity contribution is 1.05. The van der Waals surface area contributed by atoms with E-state index in [0.717, 1.165) is 50.1 Å². The largest absolute Gasteiger partial charge is 0.265 e. The molecule has 0 aliphatic heterocycles. The number of benzene rings is 1. The molecule has 9 nitrogen and oxygen atoms in total. The highest BCUT2D eigenvalue weighted by atomic mass is 15.1. The third-order valence-corrected chi connectivity index (χ3v) is 7.87. The lowest BCUT2D eigenvalue weighted by Gasteiger charge is -2.12. The first-order chi connectivity index (χ1) is 23.8. The van der Waals surface area contributed by atoms with E-state index in [-0.39, 0.29) is 0 Å². The smallest absolute Gasteiger partial charge is 0.182 e. The summed E-state index contributed by atoms with van der Waals surface area (Å²) in [5.74, 6) is 1.38. The summed E-state index contributed by atoms with van der Waals surface area (Å²) >= 11 is 0. The summed E-state index contributed by atoms with van der Waals surface area (Å²) in [6.07, 6.45) is 17.9.